The molecule has 0 amide bonds. The zero-order chi connectivity index (χ0) is 18.3. The Morgan fingerprint density at radius 1 is 1.00 bits per heavy atom. The van der Waals surface area contributed by atoms with E-state index in [1.807, 2.05) is 6.92 Å². The van der Waals surface area contributed by atoms with Crippen molar-refractivity contribution < 1.29 is 26.9 Å². The fraction of sp³-hybridized carbons (Fsp3) is 0.278. The molecule has 0 bridgehead atoms. The van der Waals surface area contributed by atoms with E-state index in [1.54, 1.807) is 37.3 Å². The second kappa shape index (κ2) is 8.53. The molecule has 6 nitrogen and oxygen atoms in total. The van der Waals surface area contributed by atoms with Crippen molar-refractivity contribution in [2.75, 3.05) is 13.2 Å². The van der Waals surface area contributed by atoms with Gasteiger partial charge in [-0.15, -0.1) is 0 Å². The Morgan fingerprint density at radius 3 is 2.32 bits per heavy atom. The van der Waals surface area contributed by atoms with Crippen LogP contribution >= 0.6 is 0 Å². The van der Waals surface area contributed by atoms with Gasteiger partial charge in [-0.2, -0.15) is 8.42 Å². The van der Waals surface area contributed by atoms with E-state index in [1.165, 1.54) is 18.2 Å². The Labute approximate surface area is 147 Å². The normalized spacial score (nSPS) is 11.0. The van der Waals surface area contributed by atoms with Crippen molar-refractivity contribution >= 4 is 16.1 Å². The smallest absolute Gasteiger partial charge is 0.344 e. The Morgan fingerprint density at radius 2 is 1.68 bits per heavy atom. The van der Waals surface area contributed by atoms with E-state index >= 15 is 0 Å². The molecule has 0 fully saturated rings. The first-order chi connectivity index (χ1) is 11.9. The molecule has 0 aliphatic carbocycles. The topological polar surface area (TPSA) is 78.9 Å². The average Bonchev–Trinajstić information content (AvgIpc) is 2.60. The van der Waals surface area contributed by atoms with Crippen molar-refractivity contribution in [3.05, 3.63) is 54.1 Å². The lowest BCUT2D eigenvalue weighted by Gasteiger charge is -2.11. The SMILES string of the molecule is CCOC(=O)COc1cc(CC)cc(OS(=O)(=O)c2ccccc2)c1. The Bertz CT molecular complexity index is 815. The second-order valence-electron chi connectivity index (χ2n) is 5.11. The largest absolute Gasteiger partial charge is 0.482 e. The van der Waals surface area contributed by atoms with Gasteiger partial charge < -0.3 is 13.7 Å². The molecule has 0 spiro atoms. The maximum absolute atomic E-state index is 12.3. The van der Waals surface area contributed by atoms with E-state index in [-0.39, 0.29) is 23.9 Å². The van der Waals surface area contributed by atoms with Crippen molar-refractivity contribution in [2.24, 2.45) is 0 Å². The van der Waals surface area contributed by atoms with Crippen LogP contribution in [0.2, 0.25) is 0 Å². The molecule has 0 aromatic heterocycles. The first-order valence-corrected chi connectivity index (χ1v) is 9.27. The van der Waals surface area contributed by atoms with Crippen LogP contribution in [-0.2, 0) is 26.1 Å². The van der Waals surface area contributed by atoms with Crippen LogP contribution in [0.15, 0.2) is 53.4 Å². The molecule has 134 valence electrons. The van der Waals surface area contributed by atoms with Crippen molar-refractivity contribution in [1.29, 1.82) is 0 Å². The van der Waals surface area contributed by atoms with E-state index < -0.39 is 16.1 Å². The van der Waals surface area contributed by atoms with Gasteiger partial charge in [0.15, 0.2) is 6.61 Å². The minimum Gasteiger partial charge on any atom is -0.482 e. The first kappa shape index (κ1) is 18.8. The number of benzene rings is 2. The highest BCUT2D eigenvalue weighted by Crippen LogP contribution is 2.26. The van der Waals surface area contributed by atoms with Crippen molar-refractivity contribution in [2.45, 2.75) is 25.2 Å². The Kier molecular flexibility index (Phi) is 6.41. The summed E-state index contributed by atoms with van der Waals surface area (Å²) in [4.78, 5) is 11.5. The lowest BCUT2D eigenvalue weighted by Crippen LogP contribution is -2.15. The number of carbonyl (C=O) groups excluding carboxylic acids is 1. The molecule has 7 heteroatoms. The molecule has 2 aromatic rings. The Balaban J connectivity index is 2.20. The van der Waals surface area contributed by atoms with Gasteiger partial charge in [0.25, 0.3) is 0 Å². The summed E-state index contributed by atoms with van der Waals surface area (Å²) < 4.78 is 40.0. The molecule has 2 aromatic carbocycles. The monoisotopic (exact) mass is 364 g/mol. The van der Waals surface area contributed by atoms with Crippen LogP contribution in [-0.4, -0.2) is 27.6 Å². The molecule has 2 rings (SSSR count). The van der Waals surface area contributed by atoms with Crippen LogP contribution in [0.5, 0.6) is 11.5 Å². The molecule has 0 saturated carbocycles. The summed E-state index contributed by atoms with van der Waals surface area (Å²) in [5.41, 5.74) is 0.819. The summed E-state index contributed by atoms with van der Waals surface area (Å²) in [5.74, 6) is -0.0310. The van der Waals surface area contributed by atoms with Gasteiger partial charge in [0.2, 0.25) is 0 Å². The average molecular weight is 364 g/mol. The van der Waals surface area contributed by atoms with E-state index in [4.69, 9.17) is 13.7 Å². The predicted octanol–water partition coefficient (Wildman–Crippen LogP) is 2.96. The van der Waals surface area contributed by atoms with Crippen LogP contribution in [0.25, 0.3) is 0 Å². The van der Waals surface area contributed by atoms with Crippen molar-refractivity contribution in [1.82, 2.24) is 0 Å². The third kappa shape index (κ3) is 5.49. The molecule has 0 saturated heterocycles. The molecule has 0 atom stereocenters. The van der Waals surface area contributed by atoms with Crippen molar-refractivity contribution in [3.63, 3.8) is 0 Å². The van der Waals surface area contributed by atoms with E-state index in [2.05, 4.69) is 0 Å². The summed E-state index contributed by atoms with van der Waals surface area (Å²) in [6.07, 6.45) is 0.651. The highest BCUT2D eigenvalue weighted by molar-refractivity contribution is 7.87. The zero-order valence-corrected chi connectivity index (χ0v) is 14.9. The molecule has 0 unspecified atom stereocenters. The molecular formula is C18H20O6S. The van der Waals surface area contributed by atoms with Crippen molar-refractivity contribution in [3.8, 4) is 11.5 Å². The van der Waals surface area contributed by atoms with E-state index in [0.717, 1.165) is 5.56 Å². The highest BCUT2D eigenvalue weighted by atomic mass is 32.2. The number of hydrogen-bond acceptors (Lipinski definition) is 6. The van der Waals surface area contributed by atoms with Gasteiger partial charge in [0, 0.05) is 6.07 Å². The number of carbonyl (C=O) groups is 1. The van der Waals surface area contributed by atoms with Crippen LogP contribution in [0.3, 0.4) is 0 Å². The molecule has 0 aliphatic rings. The molecule has 25 heavy (non-hydrogen) atoms. The lowest BCUT2D eigenvalue weighted by molar-refractivity contribution is -0.145. The van der Waals surface area contributed by atoms with Crippen LogP contribution in [0, 0.1) is 0 Å². The third-order valence-corrected chi connectivity index (χ3v) is 4.51. The van der Waals surface area contributed by atoms with Crippen LogP contribution in [0.1, 0.15) is 19.4 Å². The fourth-order valence-corrected chi connectivity index (χ4v) is 3.01. The van der Waals surface area contributed by atoms with Gasteiger partial charge in [0.05, 0.1) is 6.61 Å². The number of rotatable bonds is 8. The van der Waals surface area contributed by atoms with Gasteiger partial charge in [-0.05, 0) is 43.2 Å². The zero-order valence-electron chi connectivity index (χ0n) is 14.1. The first-order valence-electron chi connectivity index (χ1n) is 7.86. The quantitative estimate of drug-likeness (QED) is 0.529. The maximum Gasteiger partial charge on any atom is 0.344 e. The maximum atomic E-state index is 12.3. The number of ether oxygens (including phenoxy) is 2. The van der Waals surface area contributed by atoms with Gasteiger partial charge in [0.1, 0.15) is 16.4 Å². The predicted molar refractivity (Wildman–Crippen MR) is 92.2 cm³/mol. The fourth-order valence-electron chi connectivity index (χ4n) is 2.07. The molecule has 0 radical (unpaired) electrons. The number of aryl methyl sites for hydroxylation is 1. The summed E-state index contributed by atoms with van der Waals surface area (Å²) in [7, 11) is -3.94. The molecule has 0 aliphatic heterocycles. The molecular weight excluding hydrogens is 344 g/mol. The molecule has 0 N–H and O–H groups in total. The van der Waals surface area contributed by atoms with Gasteiger partial charge in [-0.25, -0.2) is 4.79 Å². The number of esters is 1. The third-order valence-electron chi connectivity index (χ3n) is 3.25. The van der Waals surface area contributed by atoms with Gasteiger partial charge in [-0.1, -0.05) is 25.1 Å². The summed E-state index contributed by atoms with van der Waals surface area (Å²) in [6.45, 7) is 3.63. The highest BCUT2D eigenvalue weighted by Gasteiger charge is 2.17. The van der Waals surface area contributed by atoms with Gasteiger partial charge in [-0.3, -0.25) is 0 Å². The minimum atomic E-state index is -3.94. The van der Waals surface area contributed by atoms with E-state index in [0.29, 0.717) is 12.2 Å². The van der Waals surface area contributed by atoms with Crippen LogP contribution < -0.4 is 8.92 Å². The number of hydrogen-bond donors (Lipinski definition) is 0. The Hall–Kier alpha value is -2.54. The lowest BCUT2D eigenvalue weighted by atomic mass is 10.1. The standard InChI is InChI=1S/C18H20O6S/c1-3-14-10-15(23-13-18(19)22-4-2)12-16(11-14)24-25(20,21)17-8-6-5-7-9-17/h5-12H,3-4,13H2,1-2H3. The van der Waals surface area contributed by atoms with Gasteiger partial charge >= 0.3 is 16.1 Å². The summed E-state index contributed by atoms with van der Waals surface area (Å²) in [6, 6.07) is 12.6. The van der Waals surface area contributed by atoms with Crippen LogP contribution in [0.4, 0.5) is 0 Å². The second-order valence-corrected chi connectivity index (χ2v) is 6.66. The summed E-state index contributed by atoms with van der Waals surface area (Å²) >= 11 is 0. The van der Waals surface area contributed by atoms with E-state index in [9.17, 15) is 13.2 Å². The molecule has 0 heterocycles. The summed E-state index contributed by atoms with van der Waals surface area (Å²) in [5, 5.41) is 0. The minimum absolute atomic E-state index is 0.0610.